The zero-order valence-corrected chi connectivity index (χ0v) is 16.4. The molecule has 2 aromatic carbocycles. The van der Waals surface area contributed by atoms with Gasteiger partial charge in [0.15, 0.2) is 10.9 Å². The number of carbonyl (C=O) groups excluding carboxylic acids is 1. The van der Waals surface area contributed by atoms with E-state index in [1.165, 1.54) is 11.8 Å². The highest BCUT2D eigenvalue weighted by Crippen LogP contribution is 2.27. The van der Waals surface area contributed by atoms with Gasteiger partial charge in [0.1, 0.15) is 0 Å². The Hall–Kier alpha value is -2.44. The molecule has 0 saturated carbocycles. The van der Waals surface area contributed by atoms with Crippen LogP contribution in [0.1, 0.15) is 30.2 Å². The maximum absolute atomic E-state index is 13.1. The molecule has 6 heteroatoms. The largest absolute Gasteiger partial charge is 0.383 e. The summed E-state index contributed by atoms with van der Waals surface area (Å²) in [4.78, 5) is 30.5. The number of ether oxygens (including phenoxy) is 1. The quantitative estimate of drug-likeness (QED) is 0.352. The van der Waals surface area contributed by atoms with Crippen LogP contribution in [-0.2, 0) is 4.74 Å². The predicted octanol–water partition coefficient (Wildman–Crippen LogP) is 3.97. The fourth-order valence-corrected chi connectivity index (χ4v) is 4.05. The number of carbonyl (C=O) groups is 1. The first kappa shape index (κ1) is 19.3. The van der Waals surface area contributed by atoms with E-state index in [1.807, 2.05) is 50.2 Å². The van der Waals surface area contributed by atoms with Crippen molar-refractivity contribution in [2.45, 2.75) is 30.3 Å². The lowest BCUT2D eigenvalue weighted by atomic mass is 10.1. The molecule has 0 aliphatic heterocycles. The van der Waals surface area contributed by atoms with Crippen LogP contribution >= 0.6 is 11.8 Å². The fraction of sp³-hybridized carbons (Fsp3) is 0.286. The molecule has 1 heterocycles. The number of aromatic nitrogens is 2. The van der Waals surface area contributed by atoms with Gasteiger partial charge in [0.05, 0.1) is 28.8 Å². The van der Waals surface area contributed by atoms with E-state index in [0.29, 0.717) is 28.2 Å². The molecule has 140 valence electrons. The topological polar surface area (TPSA) is 61.2 Å². The number of thioether (sulfide) groups is 1. The fourth-order valence-electron chi connectivity index (χ4n) is 2.96. The number of fused-ring (bicyclic) bond motifs is 1. The molecular formula is C21H22N2O3S. The van der Waals surface area contributed by atoms with E-state index in [4.69, 9.17) is 4.74 Å². The third-order valence-electron chi connectivity index (χ3n) is 4.33. The van der Waals surface area contributed by atoms with E-state index in [0.717, 1.165) is 0 Å². The van der Waals surface area contributed by atoms with Crippen LogP contribution in [0.2, 0.25) is 0 Å². The average Bonchev–Trinajstić information content (AvgIpc) is 2.68. The summed E-state index contributed by atoms with van der Waals surface area (Å²) in [5, 5.41) is 0.716. The summed E-state index contributed by atoms with van der Waals surface area (Å²) in [6, 6.07) is 16.2. The Morgan fingerprint density at radius 3 is 2.48 bits per heavy atom. The molecule has 1 aromatic heterocycles. The van der Waals surface area contributed by atoms with Crippen molar-refractivity contribution >= 4 is 28.4 Å². The van der Waals surface area contributed by atoms with Gasteiger partial charge in [0, 0.05) is 12.7 Å². The second-order valence-electron chi connectivity index (χ2n) is 6.38. The Kier molecular flexibility index (Phi) is 6.08. The Morgan fingerprint density at radius 2 is 1.78 bits per heavy atom. The van der Waals surface area contributed by atoms with Crippen molar-refractivity contribution in [3.63, 3.8) is 0 Å². The minimum absolute atomic E-state index is 0.00829. The molecule has 3 aromatic rings. The average molecular weight is 382 g/mol. The van der Waals surface area contributed by atoms with Crippen molar-refractivity contribution < 1.29 is 9.53 Å². The number of nitrogens with zero attached hydrogens (tertiary/aromatic N) is 2. The van der Waals surface area contributed by atoms with Crippen molar-refractivity contribution in [2.75, 3.05) is 13.7 Å². The lowest BCUT2D eigenvalue weighted by Gasteiger charge is -2.20. The van der Waals surface area contributed by atoms with E-state index < -0.39 is 0 Å². The van der Waals surface area contributed by atoms with Crippen LogP contribution in [0.4, 0.5) is 0 Å². The Bertz CT molecular complexity index is 1000. The monoisotopic (exact) mass is 382 g/mol. The Labute approximate surface area is 162 Å². The van der Waals surface area contributed by atoms with E-state index in [9.17, 15) is 9.59 Å². The first-order valence-corrected chi connectivity index (χ1v) is 9.67. The number of para-hydroxylation sites is 1. The molecule has 2 atom stereocenters. The van der Waals surface area contributed by atoms with Gasteiger partial charge in [0.2, 0.25) is 0 Å². The molecule has 0 aliphatic carbocycles. The molecule has 0 radical (unpaired) electrons. The van der Waals surface area contributed by atoms with Gasteiger partial charge in [-0.1, -0.05) is 54.2 Å². The first-order chi connectivity index (χ1) is 13.0. The highest BCUT2D eigenvalue weighted by atomic mass is 32.2. The molecule has 0 aliphatic rings. The van der Waals surface area contributed by atoms with Crippen LogP contribution in [0.15, 0.2) is 64.5 Å². The number of methoxy groups -OCH3 is 1. The highest BCUT2D eigenvalue weighted by Gasteiger charge is 2.22. The molecule has 27 heavy (non-hydrogen) atoms. The van der Waals surface area contributed by atoms with Gasteiger partial charge in [-0.05, 0) is 26.0 Å². The molecular weight excluding hydrogens is 360 g/mol. The van der Waals surface area contributed by atoms with Gasteiger partial charge in [0.25, 0.3) is 5.56 Å². The summed E-state index contributed by atoms with van der Waals surface area (Å²) >= 11 is 1.30. The lowest BCUT2D eigenvalue weighted by Crippen LogP contribution is -2.29. The summed E-state index contributed by atoms with van der Waals surface area (Å²) in [5.74, 6) is 0.00829. The molecule has 0 amide bonds. The van der Waals surface area contributed by atoms with Crippen LogP contribution < -0.4 is 5.56 Å². The number of benzene rings is 2. The minimum Gasteiger partial charge on any atom is -0.383 e. The maximum Gasteiger partial charge on any atom is 0.262 e. The van der Waals surface area contributed by atoms with Crippen molar-refractivity contribution in [2.24, 2.45) is 0 Å². The zero-order chi connectivity index (χ0) is 19.4. The van der Waals surface area contributed by atoms with Crippen LogP contribution in [-0.4, -0.2) is 34.3 Å². The molecule has 0 fully saturated rings. The van der Waals surface area contributed by atoms with Crippen LogP contribution in [0.5, 0.6) is 0 Å². The molecule has 0 saturated heterocycles. The normalized spacial score (nSPS) is 13.4. The van der Waals surface area contributed by atoms with E-state index in [2.05, 4.69) is 4.98 Å². The van der Waals surface area contributed by atoms with Gasteiger partial charge < -0.3 is 4.74 Å². The van der Waals surface area contributed by atoms with Crippen molar-refractivity contribution in [3.05, 3.63) is 70.5 Å². The van der Waals surface area contributed by atoms with E-state index >= 15 is 0 Å². The molecule has 2 unspecified atom stereocenters. The number of Topliss-reactive ketones (excluding diaryl/α,β-unsaturated/α-hetero) is 1. The number of ketones is 1. The number of hydrogen-bond acceptors (Lipinski definition) is 5. The number of hydrogen-bond donors (Lipinski definition) is 0. The van der Waals surface area contributed by atoms with Gasteiger partial charge in [-0.25, -0.2) is 4.98 Å². The van der Waals surface area contributed by atoms with Gasteiger partial charge in [-0.15, -0.1) is 0 Å². The lowest BCUT2D eigenvalue weighted by molar-refractivity contribution is 0.0993. The van der Waals surface area contributed by atoms with Gasteiger partial charge >= 0.3 is 0 Å². The van der Waals surface area contributed by atoms with Crippen molar-refractivity contribution in [1.82, 2.24) is 9.55 Å². The predicted molar refractivity (Wildman–Crippen MR) is 109 cm³/mol. The molecule has 0 spiro atoms. The molecule has 3 rings (SSSR count). The summed E-state index contributed by atoms with van der Waals surface area (Å²) in [6.45, 7) is 4.14. The standard InChI is InChI=1S/C21H22N2O3S/c1-14(13-26-3)23-20(25)17-11-7-8-12-18(17)22-21(23)27-15(2)19(24)16-9-5-4-6-10-16/h4-12,14-15H,13H2,1-3H3. The SMILES string of the molecule is COCC(C)n1c(SC(C)C(=O)c2ccccc2)nc2ccccc2c1=O. The third kappa shape index (κ3) is 4.12. The van der Waals surface area contributed by atoms with E-state index in [-0.39, 0.29) is 22.6 Å². The molecule has 5 nitrogen and oxygen atoms in total. The maximum atomic E-state index is 13.1. The summed E-state index contributed by atoms with van der Waals surface area (Å²) < 4.78 is 6.87. The minimum atomic E-state index is -0.374. The Balaban J connectivity index is 2.03. The van der Waals surface area contributed by atoms with Gasteiger partial charge in [-0.3, -0.25) is 14.2 Å². The zero-order valence-electron chi connectivity index (χ0n) is 15.6. The summed E-state index contributed by atoms with van der Waals surface area (Å²) in [5.41, 5.74) is 1.16. The second kappa shape index (κ2) is 8.50. The van der Waals surface area contributed by atoms with Crippen LogP contribution in [0, 0.1) is 0 Å². The Morgan fingerprint density at radius 1 is 1.11 bits per heavy atom. The second-order valence-corrected chi connectivity index (χ2v) is 7.69. The summed E-state index contributed by atoms with van der Waals surface area (Å²) in [7, 11) is 1.60. The van der Waals surface area contributed by atoms with Crippen LogP contribution in [0.3, 0.4) is 0 Å². The van der Waals surface area contributed by atoms with Crippen molar-refractivity contribution in [3.8, 4) is 0 Å². The smallest absolute Gasteiger partial charge is 0.262 e. The number of rotatable bonds is 7. The highest BCUT2D eigenvalue weighted by molar-refractivity contribution is 8.00. The van der Waals surface area contributed by atoms with Crippen LogP contribution in [0.25, 0.3) is 10.9 Å². The molecule has 0 bridgehead atoms. The van der Waals surface area contributed by atoms with Gasteiger partial charge in [-0.2, -0.15) is 0 Å². The van der Waals surface area contributed by atoms with Crippen molar-refractivity contribution in [1.29, 1.82) is 0 Å². The first-order valence-electron chi connectivity index (χ1n) is 8.79. The third-order valence-corrected chi connectivity index (χ3v) is 5.40. The summed E-state index contributed by atoms with van der Waals surface area (Å²) in [6.07, 6.45) is 0. The molecule has 0 N–H and O–H groups in total. The van der Waals surface area contributed by atoms with E-state index in [1.54, 1.807) is 29.9 Å².